The third-order valence-corrected chi connectivity index (χ3v) is 8.35. The Morgan fingerprint density at radius 2 is 1.65 bits per heavy atom. The average molecular weight is 301 g/mol. The highest BCUT2D eigenvalue weighted by atomic mass is 35.5. The molecule has 1 heterocycles. The van der Waals surface area contributed by atoms with Crippen LogP contribution in [0.2, 0.25) is 18.1 Å². The Bertz CT molecular complexity index is 693. The summed E-state index contributed by atoms with van der Waals surface area (Å²) in [5.74, 6) is 0. The van der Waals surface area contributed by atoms with E-state index in [0.29, 0.717) is 0 Å². The lowest BCUT2D eigenvalue weighted by molar-refractivity contribution is 0.591. The summed E-state index contributed by atoms with van der Waals surface area (Å²) < 4.78 is 0. The van der Waals surface area contributed by atoms with Crippen LogP contribution in [0.1, 0.15) is 26.3 Å². The number of hydrogen-bond donors (Lipinski definition) is 0. The molecule has 0 amide bonds. The summed E-state index contributed by atoms with van der Waals surface area (Å²) in [6, 6.07) is 13.3. The molecule has 0 nitrogen and oxygen atoms in total. The second-order valence-electron chi connectivity index (χ2n) is 7.30. The second kappa shape index (κ2) is 4.22. The summed E-state index contributed by atoms with van der Waals surface area (Å²) in [4.78, 5) is 0. The largest absolute Gasteiger partial charge is 0.113 e. The van der Waals surface area contributed by atoms with Crippen LogP contribution in [-0.2, 0) is 5.41 Å². The van der Waals surface area contributed by atoms with Gasteiger partial charge < -0.3 is 0 Å². The molecule has 3 rings (SSSR count). The zero-order chi connectivity index (χ0) is 14.7. The van der Waals surface area contributed by atoms with Crippen molar-refractivity contribution in [1.82, 2.24) is 0 Å². The molecule has 2 aromatic carbocycles. The van der Waals surface area contributed by atoms with Gasteiger partial charge in [0.15, 0.2) is 0 Å². The predicted octanol–water partition coefficient (Wildman–Crippen LogP) is 4.44. The van der Waals surface area contributed by atoms with Crippen molar-refractivity contribution in [3.63, 3.8) is 0 Å². The molecule has 0 aromatic heterocycles. The maximum atomic E-state index is 6.48. The SMILES string of the molecule is CC(C)(C)c1ccc2c(c1)[Si](C)(C)c1cccc(Cl)c1-2. The highest BCUT2D eigenvalue weighted by Gasteiger charge is 2.38. The smallest absolute Gasteiger partial charge is 0.0837 e. The Labute approximate surface area is 127 Å². The minimum atomic E-state index is -1.61. The molecule has 0 aliphatic carbocycles. The molecule has 0 unspecified atom stereocenters. The molecule has 0 saturated carbocycles. The van der Waals surface area contributed by atoms with Gasteiger partial charge in [0.1, 0.15) is 8.07 Å². The van der Waals surface area contributed by atoms with Crippen molar-refractivity contribution in [1.29, 1.82) is 0 Å². The molecule has 0 saturated heterocycles. The quantitative estimate of drug-likeness (QED) is 0.631. The van der Waals surface area contributed by atoms with Gasteiger partial charge in [-0.2, -0.15) is 0 Å². The van der Waals surface area contributed by atoms with Crippen molar-refractivity contribution in [2.75, 3.05) is 0 Å². The first-order valence-corrected chi connectivity index (χ1v) is 10.5. The van der Waals surface area contributed by atoms with E-state index in [1.54, 1.807) is 0 Å². The summed E-state index contributed by atoms with van der Waals surface area (Å²) in [6.45, 7) is 11.7. The minimum absolute atomic E-state index is 0.193. The van der Waals surface area contributed by atoms with Gasteiger partial charge in [-0.25, -0.2) is 0 Å². The van der Waals surface area contributed by atoms with Gasteiger partial charge in [0.2, 0.25) is 0 Å². The Morgan fingerprint density at radius 3 is 2.30 bits per heavy atom. The predicted molar refractivity (Wildman–Crippen MR) is 92.3 cm³/mol. The van der Waals surface area contributed by atoms with E-state index in [-0.39, 0.29) is 5.41 Å². The molecule has 1 aliphatic rings. The van der Waals surface area contributed by atoms with Crippen LogP contribution >= 0.6 is 11.6 Å². The van der Waals surface area contributed by atoms with Crippen molar-refractivity contribution in [2.45, 2.75) is 39.3 Å². The summed E-state index contributed by atoms with van der Waals surface area (Å²) in [5, 5.41) is 3.91. The first-order valence-electron chi connectivity index (χ1n) is 7.17. The number of rotatable bonds is 0. The molecular weight excluding hydrogens is 280 g/mol. The number of halogens is 1. The summed E-state index contributed by atoms with van der Waals surface area (Å²) in [5.41, 5.74) is 4.25. The van der Waals surface area contributed by atoms with Crippen LogP contribution in [0.15, 0.2) is 36.4 Å². The fraction of sp³-hybridized carbons (Fsp3) is 0.333. The van der Waals surface area contributed by atoms with E-state index in [2.05, 4.69) is 64.2 Å². The van der Waals surface area contributed by atoms with Crippen LogP contribution in [0.4, 0.5) is 0 Å². The molecule has 1 aliphatic heterocycles. The van der Waals surface area contributed by atoms with Crippen LogP contribution < -0.4 is 10.4 Å². The highest BCUT2D eigenvalue weighted by molar-refractivity contribution is 7.04. The van der Waals surface area contributed by atoms with Crippen LogP contribution in [0, 0.1) is 0 Å². The lowest BCUT2D eigenvalue weighted by Gasteiger charge is -2.23. The zero-order valence-electron chi connectivity index (χ0n) is 12.8. The molecule has 104 valence electrons. The van der Waals surface area contributed by atoms with Gasteiger partial charge in [0, 0.05) is 5.02 Å². The maximum Gasteiger partial charge on any atom is 0.113 e. The van der Waals surface area contributed by atoms with Gasteiger partial charge in [-0.15, -0.1) is 0 Å². The highest BCUT2D eigenvalue weighted by Crippen LogP contribution is 2.35. The Balaban J connectivity index is 2.31. The number of fused-ring (bicyclic) bond motifs is 3. The summed E-state index contributed by atoms with van der Waals surface area (Å²) >= 11 is 6.48. The number of hydrogen-bond acceptors (Lipinski definition) is 0. The van der Waals surface area contributed by atoms with Crippen molar-refractivity contribution >= 4 is 30.0 Å². The van der Waals surface area contributed by atoms with E-state index in [1.807, 2.05) is 6.07 Å². The Morgan fingerprint density at radius 1 is 0.950 bits per heavy atom. The van der Waals surface area contributed by atoms with Crippen LogP contribution in [-0.4, -0.2) is 8.07 Å². The second-order valence-corrected chi connectivity index (χ2v) is 12.0. The molecule has 0 fully saturated rings. The monoisotopic (exact) mass is 300 g/mol. The fourth-order valence-corrected chi connectivity index (χ4v) is 6.66. The van der Waals surface area contributed by atoms with E-state index in [9.17, 15) is 0 Å². The molecule has 0 spiro atoms. The van der Waals surface area contributed by atoms with Crippen molar-refractivity contribution < 1.29 is 0 Å². The molecule has 0 N–H and O–H groups in total. The molecule has 20 heavy (non-hydrogen) atoms. The van der Waals surface area contributed by atoms with Gasteiger partial charge in [0.25, 0.3) is 0 Å². The first-order chi connectivity index (χ1) is 9.23. The average Bonchev–Trinajstić information content (AvgIpc) is 2.59. The van der Waals surface area contributed by atoms with Gasteiger partial charge >= 0.3 is 0 Å². The van der Waals surface area contributed by atoms with E-state index in [0.717, 1.165) is 5.02 Å². The normalized spacial score (nSPS) is 15.9. The van der Waals surface area contributed by atoms with E-state index < -0.39 is 8.07 Å². The van der Waals surface area contributed by atoms with Gasteiger partial charge in [-0.05, 0) is 38.5 Å². The van der Waals surface area contributed by atoms with Crippen LogP contribution in [0.25, 0.3) is 11.1 Å². The van der Waals surface area contributed by atoms with Crippen LogP contribution in [0.5, 0.6) is 0 Å². The summed E-state index contributed by atoms with van der Waals surface area (Å²) in [6.07, 6.45) is 0. The third-order valence-electron chi connectivity index (χ3n) is 4.52. The van der Waals surface area contributed by atoms with Gasteiger partial charge in [0.05, 0.1) is 0 Å². The van der Waals surface area contributed by atoms with Gasteiger partial charge in [-0.1, -0.05) is 75.8 Å². The Hall–Kier alpha value is -1.05. The van der Waals surface area contributed by atoms with Crippen molar-refractivity contribution in [3.05, 3.63) is 47.0 Å². The lowest BCUT2D eigenvalue weighted by Crippen LogP contribution is -2.49. The molecular formula is C18H21ClSi. The van der Waals surface area contributed by atoms with E-state index in [4.69, 9.17) is 11.6 Å². The summed E-state index contributed by atoms with van der Waals surface area (Å²) in [7, 11) is -1.61. The molecule has 2 heteroatoms. The third kappa shape index (κ3) is 1.87. The topological polar surface area (TPSA) is 0 Å². The van der Waals surface area contributed by atoms with E-state index >= 15 is 0 Å². The number of benzene rings is 2. The van der Waals surface area contributed by atoms with Crippen LogP contribution in [0.3, 0.4) is 0 Å². The molecule has 2 aromatic rings. The minimum Gasteiger partial charge on any atom is -0.0837 e. The van der Waals surface area contributed by atoms with Gasteiger partial charge in [-0.3, -0.25) is 0 Å². The molecule has 0 atom stereocenters. The Kier molecular flexibility index (Phi) is 2.93. The van der Waals surface area contributed by atoms with E-state index in [1.165, 1.54) is 27.1 Å². The van der Waals surface area contributed by atoms with Crippen molar-refractivity contribution in [2.24, 2.45) is 0 Å². The lowest BCUT2D eigenvalue weighted by atomic mass is 9.86. The first kappa shape index (κ1) is 13.9. The zero-order valence-corrected chi connectivity index (χ0v) is 14.6. The standard InChI is InChI=1S/C18H21ClSi/c1-18(2,3)12-9-10-13-16(11-12)20(4,5)15-8-6-7-14(19)17(13)15/h6-11H,1-5H3. The molecule has 0 radical (unpaired) electrons. The molecule has 0 bridgehead atoms. The van der Waals surface area contributed by atoms with Crippen molar-refractivity contribution in [3.8, 4) is 11.1 Å². The maximum absolute atomic E-state index is 6.48. The fourth-order valence-electron chi connectivity index (χ4n) is 3.21.